The van der Waals surface area contributed by atoms with E-state index in [0.717, 1.165) is 6.42 Å². The van der Waals surface area contributed by atoms with Gasteiger partial charge in [-0.2, -0.15) is 0 Å². The van der Waals surface area contributed by atoms with Crippen LogP contribution in [0.4, 0.5) is 5.69 Å². The Morgan fingerprint density at radius 1 is 1.59 bits per heavy atom. The minimum absolute atomic E-state index is 0.128. The molecule has 1 amide bonds. The minimum Gasteiger partial charge on any atom is -0.398 e. The Labute approximate surface area is 109 Å². The molecule has 2 rings (SSSR count). The third kappa shape index (κ3) is 2.61. The summed E-state index contributed by atoms with van der Waals surface area (Å²) in [5, 5.41) is 2.99. The van der Waals surface area contributed by atoms with Gasteiger partial charge in [-0.1, -0.05) is 6.07 Å². The molecular formula is C12H15BrN2O2. The number of nitrogen functional groups attached to an aromatic ring is 1. The fraction of sp³-hybridized carbons (Fsp3) is 0.417. The summed E-state index contributed by atoms with van der Waals surface area (Å²) in [6, 6.07) is 5.26. The van der Waals surface area contributed by atoms with Crippen LogP contribution in [0.2, 0.25) is 0 Å². The van der Waals surface area contributed by atoms with E-state index in [9.17, 15) is 4.79 Å². The first kappa shape index (κ1) is 12.4. The van der Waals surface area contributed by atoms with Crippen molar-refractivity contribution in [2.75, 3.05) is 18.9 Å². The summed E-state index contributed by atoms with van der Waals surface area (Å²) in [6.07, 6.45) is 0.832. The molecule has 0 saturated carbocycles. The zero-order chi connectivity index (χ0) is 12.5. The second kappa shape index (κ2) is 4.66. The normalized spacial score (nSPS) is 23.6. The molecule has 0 aromatic heterocycles. The quantitative estimate of drug-likeness (QED) is 0.820. The standard InChI is InChI=1S/C12H15BrN2O2/c1-12(5-6-17-7-12)15-11(16)8-3-2-4-9(14)10(8)13/h2-4H,5-7,14H2,1H3,(H,15,16). The lowest BCUT2D eigenvalue weighted by atomic mass is 10.0. The van der Waals surface area contributed by atoms with Gasteiger partial charge in [0.2, 0.25) is 0 Å². The topological polar surface area (TPSA) is 64.4 Å². The lowest BCUT2D eigenvalue weighted by Crippen LogP contribution is -2.46. The van der Waals surface area contributed by atoms with Crippen LogP contribution < -0.4 is 11.1 Å². The number of nitrogens with one attached hydrogen (secondary N) is 1. The first-order chi connectivity index (χ1) is 8.02. The predicted molar refractivity (Wildman–Crippen MR) is 69.9 cm³/mol. The number of nitrogens with two attached hydrogens (primary N) is 1. The Morgan fingerprint density at radius 2 is 2.35 bits per heavy atom. The molecule has 0 radical (unpaired) electrons. The molecule has 1 aliphatic rings. The van der Waals surface area contributed by atoms with Gasteiger partial charge in [0.25, 0.3) is 5.91 Å². The molecule has 1 aromatic carbocycles. The Bertz CT molecular complexity index is 442. The van der Waals surface area contributed by atoms with Crippen molar-refractivity contribution >= 4 is 27.5 Å². The maximum absolute atomic E-state index is 12.1. The van der Waals surface area contributed by atoms with Crippen molar-refractivity contribution in [3.8, 4) is 0 Å². The summed E-state index contributed by atoms with van der Waals surface area (Å²) in [7, 11) is 0. The van der Waals surface area contributed by atoms with Crippen LogP contribution in [-0.4, -0.2) is 24.7 Å². The highest BCUT2D eigenvalue weighted by Gasteiger charge is 2.31. The third-order valence-electron chi connectivity index (χ3n) is 2.91. The van der Waals surface area contributed by atoms with Gasteiger partial charge in [-0.3, -0.25) is 4.79 Å². The SMILES string of the molecule is CC1(NC(=O)c2cccc(N)c2Br)CCOC1. The van der Waals surface area contributed by atoms with Crippen LogP contribution in [0.5, 0.6) is 0 Å². The molecule has 1 atom stereocenters. The molecule has 1 fully saturated rings. The number of ether oxygens (including phenoxy) is 1. The highest BCUT2D eigenvalue weighted by atomic mass is 79.9. The lowest BCUT2D eigenvalue weighted by molar-refractivity contribution is 0.0889. The maximum Gasteiger partial charge on any atom is 0.253 e. The van der Waals surface area contributed by atoms with E-state index in [1.807, 2.05) is 6.92 Å². The molecule has 17 heavy (non-hydrogen) atoms. The molecule has 1 saturated heterocycles. The number of benzene rings is 1. The predicted octanol–water partition coefficient (Wildman–Crippen LogP) is 1.94. The molecule has 1 unspecified atom stereocenters. The number of anilines is 1. The molecule has 4 nitrogen and oxygen atoms in total. The van der Waals surface area contributed by atoms with Gasteiger partial charge in [0.15, 0.2) is 0 Å². The molecule has 1 aromatic rings. The number of hydrogen-bond donors (Lipinski definition) is 2. The van der Waals surface area contributed by atoms with Crippen molar-refractivity contribution in [2.45, 2.75) is 18.9 Å². The summed E-state index contributed by atoms with van der Waals surface area (Å²) in [4.78, 5) is 12.1. The van der Waals surface area contributed by atoms with Crippen molar-refractivity contribution in [1.29, 1.82) is 0 Å². The molecular weight excluding hydrogens is 284 g/mol. The van der Waals surface area contributed by atoms with Gasteiger partial charge < -0.3 is 15.8 Å². The van der Waals surface area contributed by atoms with Gasteiger partial charge in [0.1, 0.15) is 0 Å². The highest BCUT2D eigenvalue weighted by Crippen LogP contribution is 2.25. The van der Waals surface area contributed by atoms with E-state index in [2.05, 4.69) is 21.2 Å². The van der Waals surface area contributed by atoms with Gasteiger partial charge in [0.05, 0.1) is 22.2 Å². The Hall–Kier alpha value is -1.07. The lowest BCUT2D eigenvalue weighted by Gasteiger charge is -2.23. The molecule has 92 valence electrons. The average molecular weight is 299 g/mol. The highest BCUT2D eigenvalue weighted by molar-refractivity contribution is 9.10. The fourth-order valence-electron chi connectivity index (χ4n) is 1.83. The van der Waals surface area contributed by atoms with Crippen molar-refractivity contribution in [2.24, 2.45) is 0 Å². The largest absolute Gasteiger partial charge is 0.398 e. The number of halogens is 1. The second-order valence-corrected chi connectivity index (χ2v) is 5.32. The Balaban J connectivity index is 2.17. The zero-order valence-corrected chi connectivity index (χ0v) is 11.2. The van der Waals surface area contributed by atoms with Crippen LogP contribution in [0.1, 0.15) is 23.7 Å². The van der Waals surface area contributed by atoms with Crippen molar-refractivity contribution in [3.05, 3.63) is 28.2 Å². The average Bonchev–Trinajstić information content (AvgIpc) is 2.68. The zero-order valence-electron chi connectivity index (χ0n) is 9.63. The molecule has 1 aliphatic heterocycles. The van der Waals surface area contributed by atoms with E-state index >= 15 is 0 Å². The van der Waals surface area contributed by atoms with Crippen LogP contribution in [0.25, 0.3) is 0 Å². The Morgan fingerprint density at radius 3 is 3.00 bits per heavy atom. The molecule has 1 heterocycles. The fourth-order valence-corrected chi connectivity index (χ4v) is 2.28. The van der Waals surface area contributed by atoms with Crippen LogP contribution in [0, 0.1) is 0 Å². The minimum atomic E-state index is -0.277. The Kier molecular flexibility index (Phi) is 3.40. The van der Waals surface area contributed by atoms with Crippen LogP contribution in [0.15, 0.2) is 22.7 Å². The number of hydrogen-bond acceptors (Lipinski definition) is 3. The second-order valence-electron chi connectivity index (χ2n) is 4.53. The number of carbonyl (C=O) groups is 1. The van der Waals surface area contributed by atoms with E-state index in [-0.39, 0.29) is 11.4 Å². The van der Waals surface area contributed by atoms with Crippen molar-refractivity contribution in [1.82, 2.24) is 5.32 Å². The van der Waals surface area contributed by atoms with Gasteiger partial charge in [0, 0.05) is 12.3 Å². The van der Waals surface area contributed by atoms with Crippen molar-refractivity contribution in [3.63, 3.8) is 0 Å². The van der Waals surface area contributed by atoms with Gasteiger partial charge in [-0.15, -0.1) is 0 Å². The molecule has 0 aliphatic carbocycles. The van der Waals surface area contributed by atoms with Crippen molar-refractivity contribution < 1.29 is 9.53 Å². The molecule has 0 spiro atoms. The molecule has 3 N–H and O–H groups in total. The van der Waals surface area contributed by atoms with Crippen LogP contribution >= 0.6 is 15.9 Å². The summed E-state index contributed by atoms with van der Waals surface area (Å²) >= 11 is 3.33. The van der Waals surface area contributed by atoms with E-state index in [0.29, 0.717) is 28.9 Å². The third-order valence-corrected chi connectivity index (χ3v) is 3.79. The summed E-state index contributed by atoms with van der Waals surface area (Å²) in [5.74, 6) is -0.128. The smallest absolute Gasteiger partial charge is 0.253 e. The summed E-state index contributed by atoms with van der Waals surface area (Å²) in [6.45, 7) is 3.23. The van der Waals surface area contributed by atoms with Crippen LogP contribution in [-0.2, 0) is 4.74 Å². The maximum atomic E-state index is 12.1. The molecule has 0 bridgehead atoms. The first-order valence-corrected chi connectivity index (χ1v) is 6.25. The number of rotatable bonds is 2. The van der Waals surface area contributed by atoms with E-state index < -0.39 is 0 Å². The van der Waals surface area contributed by atoms with E-state index in [1.54, 1.807) is 18.2 Å². The number of amides is 1. The van der Waals surface area contributed by atoms with E-state index in [1.165, 1.54) is 0 Å². The van der Waals surface area contributed by atoms with Crippen LogP contribution in [0.3, 0.4) is 0 Å². The summed E-state index contributed by atoms with van der Waals surface area (Å²) in [5.41, 5.74) is 6.59. The van der Waals surface area contributed by atoms with Gasteiger partial charge >= 0.3 is 0 Å². The van der Waals surface area contributed by atoms with Gasteiger partial charge in [-0.25, -0.2) is 0 Å². The number of carbonyl (C=O) groups excluding carboxylic acids is 1. The summed E-state index contributed by atoms with van der Waals surface area (Å²) < 4.78 is 5.94. The van der Waals surface area contributed by atoms with Gasteiger partial charge in [-0.05, 0) is 41.4 Å². The molecule has 5 heteroatoms. The van der Waals surface area contributed by atoms with E-state index in [4.69, 9.17) is 10.5 Å². The first-order valence-electron chi connectivity index (χ1n) is 5.46. The monoisotopic (exact) mass is 298 g/mol.